The van der Waals surface area contributed by atoms with Gasteiger partial charge in [-0.2, -0.15) is 5.26 Å². The lowest BCUT2D eigenvalue weighted by molar-refractivity contribution is -0.242. The van der Waals surface area contributed by atoms with E-state index < -0.39 is 30.6 Å². The van der Waals surface area contributed by atoms with Gasteiger partial charge in [0.2, 0.25) is 12.2 Å². The molecule has 4 rings (SSSR count). The SMILES string of the molecule is N#CC1CCCN1C(=O)CNC1=C2CCC2=C=C(O[C@H]2C[C@@H](O)[C@H](O)[C@@H](C(=O)O)O2)C1. The molecule has 0 aromatic rings. The molecule has 10 nitrogen and oxygen atoms in total. The Kier molecular flexibility index (Phi) is 6.03. The van der Waals surface area contributed by atoms with Gasteiger partial charge in [0.25, 0.3) is 0 Å². The van der Waals surface area contributed by atoms with Gasteiger partial charge >= 0.3 is 5.97 Å². The van der Waals surface area contributed by atoms with Crippen LogP contribution in [-0.4, -0.2) is 75.8 Å². The van der Waals surface area contributed by atoms with Crippen LogP contribution in [0.5, 0.6) is 0 Å². The number of ether oxygens (including phenoxy) is 2. The minimum atomic E-state index is -1.58. The fraction of sp³-hybridized carbons (Fsp3) is 0.619. The molecule has 3 fully saturated rings. The molecule has 0 radical (unpaired) electrons. The van der Waals surface area contributed by atoms with Crippen molar-refractivity contribution in [2.24, 2.45) is 0 Å². The fourth-order valence-corrected chi connectivity index (χ4v) is 4.33. The smallest absolute Gasteiger partial charge is 0.335 e. The summed E-state index contributed by atoms with van der Waals surface area (Å²) in [6.07, 6.45) is -1.98. The Morgan fingerprint density at radius 3 is 2.84 bits per heavy atom. The predicted molar refractivity (Wildman–Crippen MR) is 104 cm³/mol. The first-order valence-corrected chi connectivity index (χ1v) is 10.4. The van der Waals surface area contributed by atoms with Crippen LogP contribution in [0.2, 0.25) is 0 Å². The molecule has 0 aromatic carbocycles. The minimum absolute atomic E-state index is 0.0729. The molecule has 0 bridgehead atoms. The Bertz CT molecular complexity index is 914. The molecule has 1 amide bonds. The van der Waals surface area contributed by atoms with Gasteiger partial charge in [-0.05, 0) is 31.3 Å². The largest absolute Gasteiger partial charge is 0.479 e. The number of allylic oxidation sites excluding steroid dienone is 1. The summed E-state index contributed by atoms with van der Waals surface area (Å²) in [4.78, 5) is 25.4. The van der Waals surface area contributed by atoms with Crippen molar-refractivity contribution in [1.29, 1.82) is 5.26 Å². The number of aliphatic carboxylic acids is 1. The zero-order valence-electron chi connectivity index (χ0n) is 16.9. The Morgan fingerprint density at radius 1 is 1.35 bits per heavy atom. The van der Waals surface area contributed by atoms with Crippen LogP contribution >= 0.6 is 0 Å². The van der Waals surface area contributed by atoms with Gasteiger partial charge in [0.05, 0.1) is 25.1 Å². The summed E-state index contributed by atoms with van der Waals surface area (Å²) in [6.45, 7) is 0.658. The molecule has 1 unspecified atom stereocenters. The average Bonchev–Trinajstić information content (AvgIpc) is 3.19. The molecule has 31 heavy (non-hydrogen) atoms. The summed E-state index contributed by atoms with van der Waals surface area (Å²) in [7, 11) is 0. The third-order valence-corrected chi connectivity index (χ3v) is 6.11. The second kappa shape index (κ2) is 8.73. The average molecular weight is 431 g/mol. The number of carbonyl (C=O) groups excluding carboxylic acids is 1. The van der Waals surface area contributed by atoms with Gasteiger partial charge in [0.15, 0.2) is 6.10 Å². The van der Waals surface area contributed by atoms with Crippen molar-refractivity contribution in [3.63, 3.8) is 0 Å². The number of aliphatic hydroxyl groups excluding tert-OH is 2. The highest BCUT2D eigenvalue weighted by Gasteiger charge is 2.42. The molecule has 0 spiro atoms. The van der Waals surface area contributed by atoms with Gasteiger partial charge < -0.3 is 35.0 Å². The topological polar surface area (TPSA) is 152 Å². The quantitative estimate of drug-likeness (QED) is 0.422. The van der Waals surface area contributed by atoms with Crippen LogP contribution < -0.4 is 5.32 Å². The highest BCUT2D eigenvalue weighted by atomic mass is 16.7. The van der Waals surface area contributed by atoms with E-state index in [2.05, 4.69) is 17.1 Å². The van der Waals surface area contributed by atoms with Crippen molar-refractivity contribution in [2.75, 3.05) is 13.1 Å². The van der Waals surface area contributed by atoms with Crippen molar-refractivity contribution in [2.45, 2.75) is 69.2 Å². The molecule has 10 heteroatoms. The van der Waals surface area contributed by atoms with E-state index in [0.29, 0.717) is 25.1 Å². The van der Waals surface area contributed by atoms with E-state index in [1.54, 1.807) is 4.90 Å². The van der Waals surface area contributed by atoms with E-state index in [-0.39, 0.29) is 24.9 Å². The van der Waals surface area contributed by atoms with Crippen LogP contribution in [0.4, 0.5) is 0 Å². The van der Waals surface area contributed by atoms with Gasteiger partial charge in [-0.25, -0.2) is 4.79 Å². The number of carboxylic acids is 1. The van der Waals surface area contributed by atoms with E-state index in [9.17, 15) is 30.2 Å². The monoisotopic (exact) mass is 431 g/mol. The maximum absolute atomic E-state index is 12.5. The normalized spacial score (nSPS) is 32.3. The van der Waals surface area contributed by atoms with Crippen molar-refractivity contribution in [3.8, 4) is 6.07 Å². The number of hydrogen-bond donors (Lipinski definition) is 4. The van der Waals surface area contributed by atoms with Crippen molar-refractivity contribution in [1.82, 2.24) is 10.2 Å². The van der Waals surface area contributed by atoms with Crippen LogP contribution in [0.25, 0.3) is 0 Å². The maximum Gasteiger partial charge on any atom is 0.335 e. The number of carboxylic acid groups (broad SMARTS) is 1. The number of nitrogens with one attached hydrogen (secondary N) is 1. The number of aliphatic hydroxyl groups is 2. The molecule has 166 valence electrons. The molecule has 2 aliphatic heterocycles. The molecule has 4 N–H and O–H groups in total. The summed E-state index contributed by atoms with van der Waals surface area (Å²) in [5.74, 6) is -1.09. The third-order valence-electron chi connectivity index (χ3n) is 6.11. The molecule has 0 aromatic heterocycles. The first kappa shape index (κ1) is 21.4. The van der Waals surface area contributed by atoms with E-state index in [1.807, 2.05) is 0 Å². The van der Waals surface area contributed by atoms with Crippen LogP contribution in [0, 0.1) is 11.3 Å². The third kappa shape index (κ3) is 4.31. The number of nitrogens with zero attached hydrogens (tertiary/aromatic N) is 2. The zero-order chi connectivity index (χ0) is 22.1. The summed E-state index contributed by atoms with van der Waals surface area (Å²) in [5.41, 5.74) is 6.04. The van der Waals surface area contributed by atoms with Gasteiger partial charge in [-0.15, -0.1) is 0 Å². The zero-order valence-corrected chi connectivity index (χ0v) is 16.9. The highest BCUT2D eigenvalue weighted by Crippen LogP contribution is 2.39. The second-order valence-corrected chi connectivity index (χ2v) is 8.12. The number of carbonyl (C=O) groups is 2. The molecular formula is C21H25N3O7. The lowest BCUT2D eigenvalue weighted by Gasteiger charge is -2.36. The second-order valence-electron chi connectivity index (χ2n) is 8.12. The Morgan fingerprint density at radius 2 is 2.16 bits per heavy atom. The standard InChI is InChI=1S/C21H25N3O7/c22-9-12-2-1-5-24(12)17(26)10-23-15-7-13(6-11-3-4-14(11)15)30-18-8-16(25)19(27)20(31-18)21(28)29/h12,16,18-20,23,25,27H,1-5,7-8,10H2,(H,28,29)/t12?,16-,18-,19+,20+/m1/s1. The highest BCUT2D eigenvalue weighted by molar-refractivity contribution is 5.79. The Labute approximate surface area is 179 Å². The van der Waals surface area contributed by atoms with Gasteiger partial charge in [-0.1, -0.05) is 5.73 Å². The van der Waals surface area contributed by atoms with Crippen molar-refractivity contribution >= 4 is 11.9 Å². The number of hydrogen-bond acceptors (Lipinski definition) is 8. The minimum Gasteiger partial charge on any atom is -0.479 e. The Balaban J connectivity index is 1.38. The summed E-state index contributed by atoms with van der Waals surface area (Å²) >= 11 is 0. The van der Waals surface area contributed by atoms with Crippen LogP contribution in [0.3, 0.4) is 0 Å². The van der Waals surface area contributed by atoms with Gasteiger partial charge in [-0.3, -0.25) is 4.79 Å². The number of nitriles is 1. The van der Waals surface area contributed by atoms with E-state index >= 15 is 0 Å². The number of rotatable bonds is 6. The molecular weight excluding hydrogens is 406 g/mol. The molecule has 5 atom stereocenters. The lowest BCUT2D eigenvalue weighted by Crippen LogP contribution is -2.52. The van der Waals surface area contributed by atoms with E-state index in [1.165, 1.54) is 0 Å². The van der Waals surface area contributed by atoms with Crippen molar-refractivity contribution < 1.29 is 34.4 Å². The summed E-state index contributed by atoms with van der Waals surface area (Å²) in [6, 6.07) is 1.79. The molecule has 2 heterocycles. The molecule has 4 aliphatic rings. The van der Waals surface area contributed by atoms with Crippen LogP contribution in [0.15, 0.2) is 28.3 Å². The first-order chi connectivity index (χ1) is 14.9. The predicted octanol–water partition coefficient (Wildman–Crippen LogP) is -0.111. The maximum atomic E-state index is 12.5. The summed E-state index contributed by atoms with van der Waals surface area (Å²) in [5, 5.41) is 41.3. The van der Waals surface area contributed by atoms with Gasteiger partial charge in [0.1, 0.15) is 17.9 Å². The lowest BCUT2D eigenvalue weighted by atomic mass is 9.81. The summed E-state index contributed by atoms with van der Waals surface area (Å²) < 4.78 is 11.1. The van der Waals surface area contributed by atoms with Crippen molar-refractivity contribution in [3.05, 3.63) is 28.3 Å². The Hall–Kier alpha value is -2.83. The molecule has 2 aliphatic carbocycles. The first-order valence-electron chi connectivity index (χ1n) is 10.4. The van der Waals surface area contributed by atoms with Crippen LogP contribution in [0.1, 0.15) is 38.5 Å². The number of likely N-dealkylation sites (tertiary alicyclic amines) is 1. The van der Waals surface area contributed by atoms with E-state index in [4.69, 9.17) is 9.47 Å². The number of amides is 1. The van der Waals surface area contributed by atoms with Gasteiger partial charge in [0, 0.05) is 24.2 Å². The number of fused-ring (bicyclic) bond motifs is 1. The van der Waals surface area contributed by atoms with E-state index in [0.717, 1.165) is 36.1 Å². The fourth-order valence-electron chi connectivity index (χ4n) is 4.33. The molecule has 2 saturated heterocycles. The van der Waals surface area contributed by atoms with Crippen LogP contribution in [-0.2, 0) is 19.1 Å². The molecule has 1 saturated carbocycles.